The molecule has 102 valence electrons. The number of methoxy groups -OCH3 is 1. The highest BCUT2D eigenvalue weighted by molar-refractivity contribution is 5.64. The van der Waals surface area contributed by atoms with Crippen molar-refractivity contribution in [1.29, 1.82) is 0 Å². The van der Waals surface area contributed by atoms with Crippen LogP contribution in [0.25, 0.3) is 11.3 Å². The fourth-order valence-corrected chi connectivity index (χ4v) is 2.08. The van der Waals surface area contributed by atoms with E-state index in [1.165, 1.54) is 0 Å². The number of ether oxygens (including phenoxy) is 1. The van der Waals surface area contributed by atoms with E-state index < -0.39 is 0 Å². The Balaban J connectivity index is 2.31. The monoisotopic (exact) mass is 260 g/mol. The maximum absolute atomic E-state index is 5.77. The number of benzene rings is 1. The first-order valence-corrected chi connectivity index (χ1v) is 6.46. The molecule has 1 heterocycles. The number of aromatic nitrogens is 1. The second-order valence-electron chi connectivity index (χ2n) is 4.65. The van der Waals surface area contributed by atoms with Gasteiger partial charge in [0.1, 0.15) is 5.75 Å². The van der Waals surface area contributed by atoms with E-state index in [1.807, 2.05) is 19.9 Å². The highest BCUT2D eigenvalue weighted by atomic mass is 16.5. The number of nitrogens with zero attached hydrogens (tertiary/aromatic N) is 1. The van der Waals surface area contributed by atoms with Crippen molar-refractivity contribution in [3.63, 3.8) is 0 Å². The maximum Gasteiger partial charge on any atom is 0.194 e. The van der Waals surface area contributed by atoms with Crippen LogP contribution in [0.5, 0.6) is 5.75 Å². The summed E-state index contributed by atoms with van der Waals surface area (Å²) in [6, 6.07) is 4.09. The molecule has 0 amide bonds. The Morgan fingerprint density at radius 3 is 2.74 bits per heavy atom. The van der Waals surface area contributed by atoms with Crippen molar-refractivity contribution in [2.24, 2.45) is 5.73 Å². The van der Waals surface area contributed by atoms with E-state index in [2.05, 4.69) is 11.1 Å². The highest BCUT2D eigenvalue weighted by Crippen LogP contribution is 2.30. The number of oxazole rings is 1. The van der Waals surface area contributed by atoms with Crippen LogP contribution in [0, 0.1) is 13.8 Å². The minimum Gasteiger partial charge on any atom is -0.496 e. The predicted molar refractivity (Wildman–Crippen MR) is 75.3 cm³/mol. The average Bonchev–Trinajstić information content (AvgIpc) is 2.87. The Morgan fingerprint density at radius 1 is 1.26 bits per heavy atom. The molecule has 4 heteroatoms. The summed E-state index contributed by atoms with van der Waals surface area (Å²) in [5.41, 5.74) is 8.75. The maximum atomic E-state index is 5.77. The van der Waals surface area contributed by atoms with Gasteiger partial charge in [0, 0.05) is 12.0 Å². The molecule has 0 atom stereocenters. The molecule has 1 aromatic heterocycles. The summed E-state index contributed by atoms with van der Waals surface area (Å²) in [6.45, 7) is 4.71. The molecule has 0 unspecified atom stereocenters. The topological polar surface area (TPSA) is 61.3 Å². The molecule has 0 fully saturated rings. The minimum atomic E-state index is 0.651. The van der Waals surface area contributed by atoms with Gasteiger partial charge in [-0.15, -0.1) is 0 Å². The van der Waals surface area contributed by atoms with Gasteiger partial charge in [-0.3, -0.25) is 0 Å². The van der Waals surface area contributed by atoms with Gasteiger partial charge in [-0.25, -0.2) is 4.98 Å². The van der Waals surface area contributed by atoms with E-state index in [0.717, 1.165) is 46.9 Å². The van der Waals surface area contributed by atoms with E-state index in [1.54, 1.807) is 13.3 Å². The largest absolute Gasteiger partial charge is 0.496 e. The Morgan fingerprint density at radius 2 is 2.05 bits per heavy atom. The quantitative estimate of drug-likeness (QED) is 0.898. The summed E-state index contributed by atoms with van der Waals surface area (Å²) in [7, 11) is 1.68. The third kappa shape index (κ3) is 2.96. The molecule has 2 aromatic rings. The molecule has 4 nitrogen and oxygen atoms in total. The van der Waals surface area contributed by atoms with Gasteiger partial charge in [0.25, 0.3) is 0 Å². The molecule has 0 spiro atoms. The zero-order valence-corrected chi connectivity index (χ0v) is 11.7. The minimum absolute atomic E-state index is 0.651. The number of hydrogen-bond donors (Lipinski definition) is 1. The van der Waals surface area contributed by atoms with Crippen LogP contribution in [0.2, 0.25) is 0 Å². The van der Waals surface area contributed by atoms with E-state index in [-0.39, 0.29) is 0 Å². The van der Waals surface area contributed by atoms with Crippen LogP contribution >= 0.6 is 0 Å². The molecule has 0 radical (unpaired) electrons. The van der Waals surface area contributed by atoms with Gasteiger partial charge in [0.05, 0.1) is 13.3 Å². The van der Waals surface area contributed by atoms with Gasteiger partial charge in [-0.05, 0) is 50.1 Å². The number of aryl methyl sites for hydroxylation is 3. The van der Waals surface area contributed by atoms with Crippen molar-refractivity contribution >= 4 is 0 Å². The highest BCUT2D eigenvalue weighted by Gasteiger charge is 2.11. The van der Waals surface area contributed by atoms with Gasteiger partial charge in [0.2, 0.25) is 0 Å². The molecule has 2 N–H and O–H groups in total. The smallest absolute Gasteiger partial charge is 0.194 e. The summed E-state index contributed by atoms with van der Waals surface area (Å²) in [5.74, 6) is 2.44. The fourth-order valence-electron chi connectivity index (χ4n) is 2.08. The Hall–Kier alpha value is -1.81. The zero-order valence-electron chi connectivity index (χ0n) is 11.7. The van der Waals surface area contributed by atoms with Crippen molar-refractivity contribution in [2.45, 2.75) is 26.7 Å². The third-order valence-corrected chi connectivity index (χ3v) is 3.16. The molecule has 2 rings (SSSR count). The van der Waals surface area contributed by atoms with Crippen LogP contribution in [-0.4, -0.2) is 18.6 Å². The lowest BCUT2D eigenvalue weighted by atomic mass is 10.0. The van der Waals surface area contributed by atoms with Gasteiger partial charge >= 0.3 is 0 Å². The molecular weight excluding hydrogens is 240 g/mol. The van der Waals surface area contributed by atoms with Crippen molar-refractivity contribution in [3.05, 3.63) is 35.3 Å². The SMILES string of the molecule is COc1cc(C)c(-c2cnc(CCCN)o2)cc1C. The molecule has 0 saturated carbocycles. The first-order valence-electron chi connectivity index (χ1n) is 6.46. The lowest BCUT2D eigenvalue weighted by Crippen LogP contribution is -2.00. The second-order valence-corrected chi connectivity index (χ2v) is 4.65. The standard InChI is InChI=1S/C15H20N2O2/c1-10-8-13(18-3)11(2)7-12(10)14-9-17-15(19-14)5-4-6-16/h7-9H,4-6,16H2,1-3H3. The van der Waals surface area contributed by atoms with E-state index in [0.29, 0.717) is 6.54 Å². The molecule has 0 bridgehead atoms. The summed E-state index contributed by atoms with van der Waals surface area (Å²) in [5, 5.41) is 0. The van der Waals surface area contributed by atoms with Crippen LogP contribution in [0.1, 0.15) is 23.4 Å². The van der Waals surface area contributed by atoms with Crippen molar-refractivity contribution < 1.29 is 9.15 Å². The number of hydrogen-bond acceptors (Lipinski definition) is 4. The average molecular weight is 260 g/mol. The second kappa shape index (κ2) is 5.89. The number of nitrogens with two attached hydrogens (primary N) is 1. The molecule has 0 aliphatic carbocycles. The molecule has 1 aromatic carbocycles. The summed E-state index contributed by atoms with van der Waals surface area (Å²) < 4.78 is 11.1. The van der Waals surface area contributed by atoms with Gasteiger partial charge in [-0.2, -0.15) is 0 Å². The van der Waals surface area contributed by atoms with Crippen LogP contribution < -0.4 is 10.5 Å². The molecule has 0 aliphatic rings. The number of rotatable bonds is 5. The Kier molecular flexibility index (Phi) is 4.22. The van der Waals surface area contributed by atoms with Crippen molar-refractivity contribution in [3.8, 4) is 17.1 Å². The lowest BCUT2D eigenvalue weighted by molar-refractivity contribution is 0.411. The van der Waals surface area contributed by atoms with Gasteiger partial charge in [0.15, 0.2) is 11.7 Å². The normalized spacial score (nSPS) is 10.7. The fraction of sp³-hybridized carbons (Fsp3) is 0.400. The molecular formula is C15H20N2O2. The van der Waals surface area contributed by atoms with Crippen LogP contribution in [0.4, 0.5) is 0 Å². The van der Waals surface area contributed by atoms with Crippen LogP contribution in [0.15, 0.2) is 22.7 Å². The molecule has 19 heavy (non-hydrogen) atoms. The lowest BCUT2D eigenvalue weighted by Gasteiger charge is -2.09. The van der Waals surface area contributed by atoms with Crippen molar-refractivity contribution in [1.82, 2.24) is 4.98 Å². The summed E-state index contributed by atoms with van der Waals surface area (Å²) in [4.78, 5) is 4.29. The molecule has 0 aliphatic heterocycles. The van der Waals surface area contributed by atoms with Crippen LogP contribution in [-0.2, 0) is 6.42 Å². The van der Waals surface area contributed by atoms with E-state index >= 15 is 0 Å². The molecule has 0 saturated heterocycles. The van der Waals surface area contributed by atoms with Gasteiger partial charge < -0.3 is 14.9 Å². The summed E-state index contributed by atoms with van der Waals surface area (Å²) in [6.07, 6.45) is 3.45. The van der Waals surface area contributed by atoms with Gasteiger partial charge in [-0.1, -0.05) is 0 Å². The zero-order chi connectivity index (χ0) is 13.8. The van der Waals surface area contributed by atoms with E-state index in [9.17, 15) is 0 Å². The summed E-state index contributed by atoms with van der Waals surface area (Å²) >= 11 is 0. The predicted octanol–water partition coefficient (Wildman–Crippen LogP) is 2.86. The van der Waals surface area contributed by atoms with E-state index in [4.69, 9.17) is 14.9 Å². The van der Waals surface area contributed by atoms with Crippen molar-refractivity contribution in [2.75, 3.05) is 13.7 Å². The third-order valence-electron chi connectivity index (χ3n) is 3.16. The van der Waals surface area contributed by atoms with Crippen LogP contribution in [0.3, 0.4) is 0 Å². The Labute approximate surface area is 113 Å². The first kappa shape index (κ1) is 13.6. The Bertz CT molecular complexity index is 561. The first-order chi connectivity index (χ1) is 9.15.